The van der Waals surface area contributed by atoms with Crippen LogP contribution in [0.4, 0.5) is 8.78 Å². The van der Waals surface area contributed by atoms with Crippen molar-refractivity contribution in [3.05, 3.63) is 35.4 Å². The highest BCUT2D eigenvalue weighted by molar-refractivity contribution is 5.85. The van der Waals surface area contributed by atoms with Gasteiger partial charge in [0.25, 0.3) is 0 Å². The highest BCUT2D eigenvalue weighted by Crippen LogP contribution is 2.24. The van der Waals surface area contributed by atoms with Crippen molar-refractivity contribution in [3.8, 4) is 5.75 Å². The summed E-state index contributed by atoms with van der Waals surface area (Å²) in [5, 5.41) is 8.46. The molecule has 0 saturated heterocycles. The van der Waals surface area contributed by atoms with Crippen LogP contribution in [0.5, 0.6) is 5.75 Å². The fourth-order valence-electron chi connectivity index (χ4n) is 1.50. The summed E-state index contributed by atoms with van der Waals surface area (Å²) in [6.07, 6.45) is 1.90. The maximum atomic E-state index is 13.7. The number of aliphatic carboxylic acids is 1. The molecule has 0 spiro atoms. The molecule has 116 valence electrons. The fourth-order valence-corrected chi connectivity index (χ4v) is 1.50. The molecule has 1 rings (SSSR count). The van der Waals surface area contributed by atoms with Gasteiger partial charge in [0.1, 0.15) is 6.61 Å². The first-order chi connectivity index (χ1) is 9.90. The molecule has 0 amide bonds. The zero-order valence-corrected chi connectivity index (χ0v) is 11.9. The van der Waals surface area contributed by atoms with Gasteiger partial charge in [-0.2, -0.15) is 0 Å². The van der Waals surface area contributed by atoms with Crippen LogP contribution >= 0.6 is 0 Å². The normalized spacial score (nSPS) is 11.3. The van der Waals surface area contributed by atoms with E-state index < -0.39 is 23.4 Å². The molecule has 0 aliphatic rings. The minimum Gasteiger partial charge on any atom is -0.485 e. The van der Waals surface area contributed by atoms with Crippen LogP contribution in [0.25, 0.3) is 6.08 Å². The van der Waals surface area contributed by atoms with Gasteiger partial charge in [-0.1, -0.05) is 13.8 Å². The van der Waals surface area contributed by atoms with E-state index in [4.69, 9.17) is 14.6 Å². The summed E-state index contributed by atoms with van der Waals surface area (Å²) in [6, 6.07) is 2.01. The number of carboxylic acids is 1. The zero-order chi connectivity index (χ0) is 15.8. The minimum atomic E-state index is -1.20. The second-order valence-electron chi connectivity index (χ2n) is 4.80. The zero-order valence-electron chi connectivity index (χ0n) is 11.9. The monoisotopic (exact) mass is 300 g/mol. The number of halogens is 2. The van der Waals surface area contributed by atoms with Crippen LogP contribution < -0.4 is 4.74 Å². The molecular weight excluding hydrogens is 282 g/mol. The van der Waals surface area contributed by atoms with Crippen molar-refractivity contribution in [2.75, 3.05) is 19.8 Å². The van der Waals surface area contributed by atoms with Gasteiger partial charge in [0, 0.05) is 12.7 Å². The lowest BCUT2D eigenvalue weighted by molar-refractivity contribution is -0.131. The van der Waals surface area contributed by atoms with Gasteiger partial charge in [-0.15, -0.1) is 0 Å². The minimum absolute atomic E-state index is 0.0326. The Morgan fingerprint density at radius 2 is 1.90 bits per heavy atom. The van der Waals surface area contributed by atoms with E-state index in [0.29, 0.717) is 12.5 Å². The van der Waals surface area contributed by atoms with E-state index in [2.05, 4.69) is 0 Å². The quantitative estimate of drug-likeness (QED) is 0.592. The Hall–Kier alpha value is -1.95. The van der Waals surface area contributed by atoms with E-state index in [1.54, 1.807) is 0 Å². The van der Waals surface area contributed by atoms with Crippen molar-refractivity contribution in [1.82, 2.24) is 0 Å². The number of carboxylic acid groups (broad SMARTS) is 1. The van der Waals surface area contributed by atoms with Crippen LogP contribution in [-0.4, -0.2) is 30.9 Å². The molecule has 0 bridgehead atoms. The average molecular weight is 300 g/mol. The Labute approximate surface area is 122 Å². The number of hydrogen-bond acceptors (Lipinski definition) is 3. The van der Waals surface area contributed by atoms with Crippen molar-refractivity contribution < 1.29 is 28.2 Å². The van der Waals surface area contributed by atoms with Gasteiger partial charge in [0.05, 0.1) is 6.61 Å². The molecule has 0 radical (unpaired) electrons. The van der Waals surface area contributed by atoms with E-state index in [0.717, 1.165) is 24.3 Å². The van der Waals surface area contributed by atoms with Gasteiger partial charge in [-0.3, -0.25) is 0 Å². The number of carbonyl (C=O) groups is 1. The van der Waals surface area contributed by atoms with Crippen LogP contribution in [0.2, 0.25) is 0 Å². The number of hydrogen-bond donors (Lipinski definition) is 1. The molecule has 0 saturated carbocycles. The summed E-state index contributed by atoms with van der Waals surface area (Å²) in [5.41, 5.74) is 0.107. The molecule has 1 aromatic carbocycles. The van der Waals surface area contributed by atoms with Gasteiger partial charge in [0.15, 0.2) is 17.4 Å². The van der Waals surface area contributed by atoms with Crippen molar-refractivity contribution in [2.45, 2.75) is 13.8 Å². The van der Waals surface area contributed by atoms with E-state index in [9.17, 15) is 13.6 Å². The number of rotatable bonds is 8. The van der Waals surface area contributed by atoms with Crippen molar-refractivity contribution in [2.24, 2.45) is 5.92 Å². The van der Waals surface area contributed by atoms with Crippen molar-refractivity contribution >= 4 is 12.0 Å². The van der Waals surface area contributed by atoms with E-state index in [1.165, 1.54) is 0 Å². The molecule has 0 atom stereocenters. The first-order valence-corrected chi connectivity index (χ1v) is 6.50. The molecule has 1 N–H and O–H groups in total. The lowest BCUT2D eigenvalue weighted by atomic mass is 10.2. The van der Waals surface area contributed by atoms with Crippen LogP contribution in [0, 0.1) is 17.6 Å². The number of benzene rings is 1. The second kappa shape index (κ2) is 8.36. The second-order valence-corrected chi connectivity index (χ2v) is 4.80. The summed E-state index contributed by atoms with van der Waals surface area (Å²) >= 11 is 0. The van der Waals surface area contributed by atoms with Crippen LogP contribution in [0.1, 0.15) is 19.4 Å². The summed E-state index contributed by atoms with van der Waals surface area (Å²) in [4.78, 5) is 10.3. The van der Waals surface area contributed by atoms with Crippen LogP contribution in [0.3, 0.4) is 0 Å². The largest absolute Gasteiger partial charge is 0.485 e. The molecule has 0 heterocycles. The third-order valence-electron chi connectivity index (χ3n) is 2.36. The van der Waals surface area contributed by atoms with Gasteiger partial charge in [0.2, 0.25) is 0 Å². The third kappa shape index (κ3) is 6.35. The summed E-state index contributed by atoms with van der Waals surface area (Å²) in [7, 11) is 0. The molecule has 0 fully saturated rings. The van der Waals surface area contributed by atoms with E-state index >= 15 is 0 Å². The highest BCUT2D eigenvalue weighted by atomic mass is 19.1. The maximum absolute atomic E-state index is 13.7. The first-order valence-electron chi connectivity index (χ1n) is 6.50. The van der Waals surface area contributed by atoms with Crippen LogP contribution in [-0.2, 0) is 9.53 Å². The molecule has 0 aromatic heterocycles. The Bertz CT molecular complexity index is 489. The Balaban J connectivity index is 2.61. The lowest BCUT2D eigenvalue weighted by Gasteiger charge is -2.10. The SMILES string of the molecule is CC(C)COCCOc1c(F)cc(/C=C/C(=O)O)cc1F. The highest BCUT2D eigenvalue weighted by Gasteiger charge is 2.12. The summed E-state index contributed by atoms with van der Waals surface area (Å²) in [5.74, 6) is -3.08. The van der Waals surface area contributed by atoms with E-state index in [-0.39, 0.29) is 18.8 Å². The smallest absolute Gasteiger partial charge is 0.328 e. The molecule has 0 aliphatic carbocycles. The van der Waals surface area contributed by atoms with E-state index in [1.807, 2.05) is 13.8 Å². The molecule has 21 heavy (non-hydrogen) atoms. The Kier molecular flexibility index (Phi) is 6.81. The first kappa shape index (κ1) is 17.1. The Morgan fingerprint density at radius 3 is 2.43 bits per heavy atom. The van der Waals surface area contributed by atoms with Crippen molar-refractivity contribution in [3.63, 3.8) is 0 Å². The predicted molar refractivity (Wildman–Crippen MR) is 74.2 cm³/mol. The van der Waals surface area contributed by atoms with Crippen LogP contribution in [0.15, 0.2) is 18.2 Å². The summed E-state index contributed by atoms with van der Waals surface area (Å²) in [6.45, 7) is 4.79. The lowest BCUT2D eigenvalue weighted by Crippen LogP contribution is -2.11. The van der Waals surface area contributed by atoms with Gasteiger partial charge in [-0.25, -0.2) is 13.6 Å². The predicted octanol–water partition coefficient (Wildman–Crippen LogP) is 3.11. The average Bonchev–Trinajstić information content (AvgIpc) is 2.38. The molecular formula is C15H18F2O4. The molecule has 6 heteroatoms. The number of ether oxygens (including phenoxy) is 2. The molecule has 0 aliphatic heterocycles. The Morgan fingerprint density at radius 1 is 1.29 bits per heavy atom. The van der Waals surface area contributed by atoms with Gasteiger partial charge >= 0.3 is 5.97 Å². The maximum Gasteiger partial charge on any atom is 0.328 e. The molecule has 1 aromatic rings. The fraction of sp³-hybridized carbons (Fsp3) is 0.400. The molecule has 0 unspecified atom stereocenters. The third-order valence-corrected chi connectivity index (χ3v) is 2.36. The topological polar surface area (TPSA) is 55.8 Å². The van der Waals surface area contributed by atoms with Gasteiger partial charge < -0.3 is 14.6 Å². The standard InChI is InChI=1S/C15H18F2O4/c1-10(2)9-20-5-6-21-15-12(16)7-11(8-13(15)17)3-4-14(18)19/h3-4,7-8,10H,5-6,9H2,1-2H3,(H,18,19)/b4-3+. The molecule has 4 nitrogen and oxygen atoms in total. The van der Waals surface area contributed by atoms with Gasteiger partial charge in [-0.05, 0) is 29.7 Å². The van der Waals surface area contributed by atoms with Crippen molar-refractivity contribution in [1.29, 1.82) is 0 Å². The summed E-state index contributed by atoms with van der Waals surface area (Å²) < 4.78 is 37.6.